The molecule has 0 atom stereocenters. The highest BCUT2D eigenvalue weighted by Gasteiger charge is 2.19. The highest BCUT2D eigenvalue weighted by Crippen LogP contribution is 2.25. The van der Waals surface area contributed by atoms with E-state index in [0.29, 0.717) is 16.8 Å². The number of aryl methyl sites for hydroxylation is 1. The number of allylic oxidation sites excluding steroid dienone is 3. The third-order valence-electron chi connectivity index (χ3n) is 4.16. The van der Waals surface area contributed by atoms with Crippen molar-refractivity contribution in [3.05, 3.63) is 93.2 Å². The number of fused-ring (bicyclic) bond motifs is 1. The number of rotatable bonds is 5. The number of Topliss-reactive ketones (excluding diaryl/α,β-unsaturated/α-hetero) is 1. The summed E-state index contributed by atoms with van der Waals surface area (Å²) in [7, 11) is 0. The second-order valence-electron chi connectivity index (χ2n) is 5.87. The number of ketones is 1. The maximum Gasteiger partial charge on any atom is 0.276 e. The summed E-state index contributed by atoms with van der Waals surface area (Å²) in [4.78, 5) is 26.5. The molecule has 0 fully saturated rings. The van der Waals surface area contributed by atoms with E-state index in [9.17, 15) is 20.2 Å². The number of nitro benzene ring substituents is 1. The molecule has 1 aromatic heterocycles. The van der Waals surface area contributed by atoms with E-state index in [2.05, 4.69) is 4.98 Å². The van der Waals surface area contributed by atoms with Crippen LogP contribution in [0.3, 0.4) is 0 Å². The first kappa shape index (κ1) is 17.8. The zero-order valence-electron chi connectivity index (χ0n) is 14.5. The Hall–Kier alpha value is -3.98. The molecule has 0 unspecified atom stereocenters. The summed E-state index contributed by atoms with van der Waals surface area (Å²) in [5.74, 6) is -0.389. The quantitative estimate of drug-likeness (QED) is 0.178. The molecule has 0 saturated carbocycles. The number of carbonyl (C=O) groups is 1. The van der Waals surface area contributed by atoms with Crippen molar-refractivity contribution in [3.8, 4) is 6.07 Å². The van der Waals surface area contributed by atoms with Crippen molar-refractivity contribution in [2.24, 2.45) is 0 Å². The molecule has 3 rings (SSSR count). The highest BCUT2D eigenvalue weighted by molar-refractivity contribution is 6.19. The maximum absolute atomic E-state index is 12.8. The van der Waals surface area contributed by atoms with Gasteiger partial charge in [-0.25, -0.2) is 0 Å². The molecule has 1 heterocycles. The van der Waals surface area contributed by atoms with E-state index in [1.165, 1.54) is 24.3 Å². The molecule has 0 aliphatic rings. The standard InChI is InChI=1S/C21H15N3O3/c1-14-20(17-10-3-4-11-18(17)23-14)21(25)16(13-22)9-6-8-15-7-2-5-12-19(15)24(26)27/h2-12,23H,1H3. The molecule has 6 heteroatoms. The summed E-state index contributed by atoms with van der Waals surface area (Å²) in [6, 6.07) is 15.6. The average molecular weight is 357 g/mol. The van der Waals surface area contributed by atoms with E-state index in [4.69, 9.17) is 0 Å². The minimum atomic E-state index is -0.477. The third kappa shape index (κ3) is 3.53. The van der Waals surface area contributed by atoms with Crippen LogP contribution < -0.4 is 0 Å². The van der Waals surface area contributed by atoms with Gasteiger partial charge in [0.25, 0.3) is 5.69 Å². The van der Waals surface area contributed by atoms with Crippen LogP contribution in [0.15, 0.2) is 66.3 Å². The second-order valence-corrected chi connectivity index (χ2v) is 5.87. The van der Waals surface area contributed by atoms with Crippen molar-refractivity contribution >= 4 is 28.4 Å². The Balaban J connectivity index is 1.95. The molecular formula is C21H15N3O3. The normalized spacial score (nSPS) is 11.6. The Morgan fingerprint density at radius 3 is 2.63 bits per heavy atom. The fourth-order valence-electron chi connectivity index (χ4n) is 2.91. The number of hydrogen-bond acceptors (Lipinski definition) is 4. The first-order valence-corrected chi connectivity index (χ1v) is 8.17. The molecule has 6 nitrogen and oxygen atoms in total. The number of nitrogens with one attached hydrogen (secondary N) is 1. The molecule has 0 radical (unpaired) electrons. The molecule has 27 heavy (non-hydrogen) atoms. The third-order valence-corrected chi connectivity index (χ3v) is 4.16. The van der Waals surface area contributed by atoms with Crippen LogP contribution in [0.5, 0.6) is 0 Å². The van der Waals surface area contributed by atoms with Crippen molar-refractivity contribution in [2.45, 2.75) is 6.92 Å². The Morgan fingerprint density at radius 1 is 1.19 bits per heavy atom. The van der Waals surface area contributed by atoms with Gasteiger partial charge in [-0.05, 0) is 31.2 Å². The van der Waals surface area contributed by atoms with Gasteiger partial charge in [0.1, 0.15) is 11.6 Å². The summed E-state index contributed by atoms with van der Waals surface area (Å²) in [6.07, 6.45) is 4.36. The first-order chi connectivity index (χ1) is 13.0. The van der Waals surface area contributed by atoms with E-state index in [-0.39, 0.29) is 17.0 Å². The lowest BCUT2D eigenvalue weighted by molar-refractivity contribution is -0.385. The number of carbonyl (C=O) groups excluding carboxylic acids is 1. The van der Waals surface area contributed by atoms with Gasteiger partial charge in [0, 0.05) is 22.7 Å². The predicted octanol–water partition coefficient (Wildman–Crippen LogP) is 4.73. The number of nitriles is 1. The van der Waals surface area contributed by atoms with E-state index in [1.54, 1.807) is 25.1 Å². The summed E-state index contributed by atoms with van der Waals surface area (Å²) in [5.41, 5.74) is 2.28. The highest BCUT2D eigenvalue weighted by atomic mass is 16.6. The lowest BCUT2D eigenvalue weighted by Crippen LogP contribution is -2.03. The van der Waals surface area contributed by atoms with Gasteiger partial charge in [0.2, 0.25) is 5.78 Å². The van der Waals surface area contributed by atoms with Crippen LogP contribution in [-0.4, -0.2) is 15.7 Å². The molecule has 0 spiro atoms. The van der Waals surface area contributed by atoms with Crippen LogP contribution in [0.4, 0.5) is 5.69 Å². The second kappa shape index (κ2) is 7.50. The minimum Gasteiger partial charge on any atom is -0.358 e. The van der Waals surface area contributed by atoms with Gasteiger partial charge in [-0.1, -0.05) is 36.4 Å². The molecule has 3 aromatic rings. The van der Waals surface area contributed by atoms with Gasteiger partial charge in [0.05, 0.1) is 16.1 Å². The molecule has 0 aliphatic carbocycles. The Kier molecular flexibility index (Phi) is 4.95. The number of aromatic amines is 1. The molecule has 0 saturated heterocycles. The molecule has 132 valence electrons. The summed E-state index contributed by atoms with van der Waals surface area (Å²) >= 11 is 0. The topological polar surface area (TPSA) is 99.8 Å². The van der Waals surface area contributed by atoms with Gasteiger partial charge < -0.3 is 4.98 Å². The van der Waals surface area contributed by atoms with Crippen LogP contribution in [0.25, 0.3) is 17.0 Å². The SMILES string of the molecule is Cc1[nH]c2ccccc2c1C(=O)C(C#N)=CC=Cc1ccccc1[N+](=O)[O-]. The summed E-state index contributed by atoms with van der Waals surface area (Å²) in [5, 5.41) is 21.2. The van der Waals surface area contributed by atoms with Gasteiger partial charge in [-0.15, -0.1) is 0 Å². The van der Waals surface area contributed by atoms with Gasteiger partial charge >= 0.3 is 0 Å². The number of H-pyrrole nitrogens is 1. The van der Waals surface area contributed by atoms with Crippen LogP contribution in [0.1, 0.15) is 21.6 Å². The van der Waals surface area contributed by atoms with Crippen LogP contribution in [-0.2, 0) is 0 Å². The minimum absolute atomic E-state index is 0.0422. The molecule has 0 bridgehead atoms. The lowest BCUT2D eigenvalue weighted by atomic mass is 10.0. The smallest absolute Gasteiger partial charge is 0.276 e. The van der Waals surface area contributed by atoms with Crippen LogP contribution >= 0.6 is 0 Å². The largest absolute Gasteiger partial charge is 0.358 e. The fourth-order valence-corrected chi connectivity index (χ4v) is 2.91. The Bertz CT molecular complexity index is 1150. The monoisotopic (exact) mass is 357 g/mol. The predicted molar refractivity (Wildman–Crippen MR) is 103 cm³/mol. The molecule has 0 aliphatic heterocycles. The zero-order valence-corrected chi connectivity index (χ0v) is 14.5. The number of nitro groups is 1. The Morgan fingerprint density at radius 2 is 1.89 bits per heavy atom. The molecular weight excluding hydrogens is 342 g/mol. The number of para-hydroxylation sites is 2. The van der Waals surface area contributed by atoms with E-state index in [1.807, 2.05) is 30.3 Å². The van der Waals surface area contributed by atoms with Crippen LogP contribution in [0, 0.1) is 28.4 Å². The van der Waals surface area contributed by atoms with E-state index in [0.717, 1.165) is 10.9 Å². The maximum atomic E-state index is 12.8. The Labute approximate surface area is 155 Å². The zero-order chi connectivity index (χ0) is 19.4. The molecule has 1 N–H and O–H groups in total. The van der Waals surface area contributed by atoms with Gasteiger partial charge in [-0.3, -0.25) is 14.9 Å². The van der Waals surface area contributed by atoms with Crippen molar-refractivity contribution < 1.29 is 9.72 Å². The number of benzene rings is 2. The molecule has 0 amide bonds. The number of hydrogen-bond donors (Lipinski definition) is 1. The summed E-state index contributed by atoms with van der Waals surface area (Å²) < 4.78 is 0. The fraction of sp³-hybridized carbons (Fsp3) is 0.0476. The van der Waals surface area contributed by atoms with Gasteiger partial charge in [0.15, 0.2) is 0 Å². The first-order valence-electron chi connectivity index (χ1n) is 8.17. The average Bonchev–Trinajstić information content (AvgIpc) is 3.00. The number of aromatic nitrogens is 1. The van der Waals surface area contributed by atoms with Crippen molar-refractivity contribution in [3.63, 3.8) is 0 Å². The van der Waals surface area contributed by atoms with Crippen molar-refractivity contribution in [2.75, 3.05) is 0 Å². The summed E-state index contributed by atoms with van der Waals surface area (Å²) in [6.45, 7) is 1.78. The lowest BCUT2D eigenvalue weighted by Gasteiger charge is -1.99. The van der Waals surface area contributed by atoms with Crippen LogP contribution in [0.2, 0.25) is 0 Å². The van der Waals surface area contributed by atoms with Crippen molar-refractivity contribution in [1.82, 2.24) is 4.98 Å². The van der Waals surface area contributed by atoms with E-state index < -0.39 is 4.92 Å². The molecule has 2 aromatic carbocycles. The number of nitrogens with zero attached hydrogens (tertiary/aromatic N) is 2. The van der Waals surface area contributed by atoms with Gasteiger partial charge in [-0.2, -0.15) is 5.26 Å². The van der Waals surface area contributed by atoms with Crippen molar-refractivity contribution in [1.29, 1.82) is 5.26 Å². The van der Waals surface area contributed by atoms with E-state index >= 15 is 0 Å².